The Hall–Kier alpha value is -2.57. The summed E-state index contributed by atoms with van der Waals surface area (Å²) < 4.78 is 0. The minimum absolute atomic E-state index is 0.00486. The number of carbonyl (C=O) groups excluding carboxylic acids is 3. The summed E-state index contributed by atoms with van der Waals surface area (Å²) in [4.78, 5) is 46.2. The van der Waals surface area contributed by atoms with E-state index < -0.39 is 5.54 Å². The molecule has 2 fully saturated rings. The van der Waals surface area contributed by atoms with Gasteiger partial charge in [0.15, 0.2) is 0 Å². The number of amides is 3. The molecule has 3 rings (SSSR count). The third-order valence-electron chi connectivity index (χ3n) is 6.83. The highest BCUT2D eigenvalue weighted by molar-refractivity contribution is 5.96. The van der Waals surface area contributed by atoms with Crippen LogP contribution >= 0.6 is 0 Å². The predicted octanol–water partition coefficient (Wildman–Crippen LogP) is 3.20. The average Bonchev–Trinajstić information content (AvgIpc) is 2.99. The van der Waals surface area contributed by atoms with E-state index in [1.165, 1.54) is 4.90 Å². The second-order valence-electron chi connectivity index (χ2n) is 11.2. The topological polar surface area (TPSA) is 64.2 Å². The molecule has 1 spiro atoms. The minimum atomic E-state index is -0.707. The normalized spacial score (nSPS) is 19.2. The molecule has 3 amide bonds. The van der Waals surface area contributed by atoms with Crippen LogP contribution in [0.5, 0.6) is 0 Å². The SMILES string of the molecule is CC(CC(=O)N1CCC2(CC1)C(=O)N(CC(=O)N(C)C)CN2c1ccccc1)CC(C)(C)C. The molecular weight excluding hydrogens is 416 g/mol. The van der Waals surface area contributed by atoms with E-state index in [0.717, 1.165) is 12.1 Å². The second-order valence-corrected chi connectivity index (χ2v) is 11.2. The van der Waals surface area contributed by atoms with Crippen LogP contribution in [0.3, 0.4) is 0 Å². The number of nitrogens with zero attached hydrogens (tertiary/aromatic N) is 4. The van der Waals surface area contributed by atoms with Crippen molar-refractivity contribution in [3.05, 3.63) is 30.3 Å². The molecule has 182 valence electrons. The number of hydrogen-bond acceptors (Lipinski definition) is 4. The minimum Gasteiger partial charge on any atom is -0.347 e. The van der Waals surface area contributed by atoms with Crippen molar-refractivity contribution in [2.45, 2.75) is 58.9 Å². The van der Waals surface area contributed by atoms with Gasteiger partial charge in [-0.05, 0) is 42.7 Å². The Morgan fingerprint density at radius 2 is 1.70 bits per heavy atom. The lowest BCUT2D eigenvalue weighted by molar-refractivity contribution is -0.141. The molecule has 1 aromatic carbocycles. The van der Waals surface area contributed by atoms with E-state index in [2.05, 4.69) is 32.6 Å². The molecule has 1 atom stereocenters. The van der Waals surface area contributed by atoms with Gasteiger partial charge in [0.2, 0.25) is 11.8 Å². The molecule has 2 aliphatic rings. The standard InChI is InChI=1S/C26H40N4O3/c1-20(17-25(2,3)4)16-22(31)28-14-12-26(13-15-28)24(33)29(18-23(32)27(5)6)19-30(26)21-10-8-7-9-11-21/h7-11,20H,12-19H2,1-6H3. The molecule has 2 saturated heterocycles. The van der Waals surface area contributed by atoms with Gasteiger partial charge in [0.05, 0.1) is 6.67 Å². The fourth-order valence-corrected chi connectivity index (χ4v) is 5.30. The lowest BCUT2D eigenvalue weighted by atomic mass is 9.83. The second kappa shape index (κ2) is 9.74. The number of hydrogen-bond donors (Lipinski definition) is 0. The Kier molecular flexibility index (Phi) is 7.39. The van der Waals surface area contributed by atoms with Gasteiger partial charge in [0, 0.05) is 39.3 Å². The van der Waals surface area contributed by atoms with Crippen molar-refractivity contribution >= 4 is 23.4 Å². The molecule has 0 N–H and O–H groups in total. The summed E-state index contributed by atoms with van der Waals surface area (Å²) in [6.45, 7) is 10.3. The molecule has 2 aliphatic heterocycles. The number of likely N-dealkylation sites (tertiary alicyclic amines) is 1. The molecular formula is C26H40N4O3. The average molecular weight is 457 g/mol. The molecule has 1 aromatic rings. The first-order chi connectivity index (χ1) is 15.4. The van der Waals surface area contributed by atoms with Crippen LogP contribution in [0.2, 0.25) is 0 Å². The van der Waals surface area contributed by atoms with Crippen LogP contribution in [0, 0.1) is 11.3 Å². The summed E-state index contributed by atoms with van der Waals surface area (Å²) in [5.74, 6) is 0.413. The van der Waals surface area contributed by atoms with Gasteiger partial charge < -0.3 is 19.6 Å². The maximum atomic E-state index is 13.6. The monoisotopic (exact) mass is 456 g/mol. The lowest BCUT2D eigenvalue weighted by Gasteiger charge is -2.43. The summed E-state index contributed by atoms with van der Waals surface area (Å²) in [7, 11) is 3.41. The van der Waals surface area contributed by atoms with E-state index in [1.807, 2.05) is 35.2 Å². The number of carbonyl (C=O) groups is 3. The third-order valence-corrected chi connectivity index (χ3v) is 6.83. The van der Waals surface area contributed by atoms with E-state index in [4.69, 9.17) is 0 Å². The number of rotatable bonds is 6. The zero-order chi connectivity index (χ0) is 24.4. The van der Waals surface area contributed by atoms with Gasteiger partial charge in [-0.15, -0.1) is 0 Å². The van der Waals surface area contributed by atoms with Crippen LogP contribution in [0.1, 0.15) is 53.4 Å². The Morgan fingerprint density at radius 3 is 2.24 bits per heavy atom. The van der Waals surface area contributed by atoms with E-state index in [0.29, 0.717) is 44.9 Å². The highest BCUT2D eigenvalue weighted by Gasteiger charge is 2.54. The Bertz CT molecular complexity index is 854. The van der Waals surface area contributed by atoms with Gasteiger partial charge >= 0.3 is 0 Å². The van der Waals surface area contributed by atoms with Gasteiger partial charge in [-0.2, -0.15) is 0 Å². The van der Waals surface area contributed by atoms with E-state index in [-0.39, 0.29) is 29.7 Å². The maximum Gasteiger partial charge on any atom is 0.250 e. The largest absolute Gasteiger partial charge is 0.347 e. The van der Waals surface area contributed by atoms with Crippen LogP contribution in [-0.2, 0) is 14.4 Å². The van der Waals surface area contributed by atoms with Gasteiger partial charge in [-0.25, -0.2) is 0 Å². The van der Waals surface area contributed by atoms with Crippen molar-refractivity contribution < 1.29 is 14.4 Å². The van der Waals surface area contributed by atoms with Crippen molar-refractivity contribution in [1.82, 2.24) is 14.7 Å². The highest BCUT2D eigenvalue weighted by atomic mass is 16.2. The molecule has 33 heavy (non-hydrogen) atoms. The summed E-state index contributed by atoms with van der Waals surface area (Å²) in [5, 5.41) is 0. The van der Waals surface area contributed by atoms with Crippen molar-refractivity contribution in [2.75, 3.05) is 45.3 Å². The Balaban J connectivity index is 1.74. The fraction of sp³-hybridized carbons (Fsp3) is 0.654. The summed E-state index contributed by atoms with van der Waals surface area (Å²) in [5.41, 5.74) is 0.469. The van der Waals surface area contributed by atoms with Crippen LogP contribution in [-0.4, -0.2) is 78.4 Å². The van der Waals surface area contributed by atoms with Crippen LogP contribution in [0.25, 0.3) is 0 Å². The number of likely N-dealkylation sites (N-methyl/N-ethyl adjacent to an activating group) is 1. The summed E-state index contributed by atoms with van der Waals surface area (Å²) in [6.07, 6.45) is 2.70. The molecule has 7 heteroatoms. The number of piperidine rings is 1. The van der Waals surface area contributed by atoms with E-state index in [9.17, 15) is 14.4 Å². The molecule has 0 bridgehead atoms. The first-order valence-corrected chi connectivity index (χ1v) is 12.0. The lowest BCUT2D eigenvalue weighted by Crippen LogP contribution is -2.57. The fourth-order valence-electron chi connectivity index (χ4n) is 5.30. The third kappa shape index (κ3) is 5.68. The zero-order valence-electron chi connectivity index (χ0n) is 21.1. The predicted molar refractivity (Wildman–Crippen MR) is 131 cm³/mol. The number of anilines is 1. The number of para-hydroxylation sites is 1. The molecule has 0 aromatic heterocycles. The molecule has 7 nitrogen and oxygen atoms in total. The Morgan fingerprint density at radius 1 is 1.09 bits per heavy atom. The maximum absolute atomic E-state index is 13.6. The number of benzene rings is 1. The van der Waals surface area contributed by atoms with E-state index in [1.54, 1.807) is 19.0 Å². The molecule has 0 saturated carbocycles. The van der Waals surface area contributed by atoms with Crippen molar-refractivity contribution in [3.8, 4) is 0 Å². The van der Waals surface area contributed by atoms with Crippen molar-refractivity contribution in [1.29, 1.82) is 0 Å². The molecule has 0 radical (unpaired) electrons. The van der Waals surface area contributed by atoms with Crippen molar-refractivity contribution in [3.63, 3.8) is 0 Å². The smallest absolute Gasteiger partial charge is 0.250 e. The van der Waals surface area contributed by atoms with Crippen LogP contribution in [0.15, 0.2) is 30.3 Å². The van der Waals surface area contributed by atoms with Crippen molar-refractivity contribution in [2.24, 2.45) is 11.3 Å². The van der Waals surface area contributed by atoms with Gasteiger partial charge in [-0.1, -0.05) is 45.9 Å². The molecule has 2 heterocycles. The van der Waals surface area contributed by atoms with E-state index >= 15 is 0 Å². The summed E-state index contributed by atoms with van der Waals surface area (Å²) >= 11 is 0. The van der Waals surface area contributed by atoms with Gasteiger partial charge in [0.1, 0.15) is 12.1 Å². The van der Waals surface area contributed by atoms with Crippen LogP contribution in [0.4, 0.5) is 5.69 Å². The van der Waals surface area contributed by atoms with Crippen LogP contribution < -0.4 is 4.90 Å². The molecule has 1 unspecified atom stereocenters. The Labute approximate surface area is 198 Å². The van der Waals surface area contributed by atoms with Gasteiger partial charge in [-0.3, -0.25) is 14.4 Å². The first-order valence-electron chi connectivity index (χ1n) is 12.0. The quantitative estimate of drug-likeness (QED) is 0.659. The van der Waals surface area contributed by atoms with Gasteiger partial charge in [0.25, 0.3) is 5.91 Å². The first kappa shape index (κ1) is 25.1. The molecule has 0 aliphatic carbocycles. The highest BCUT2D eigenvalue weighted by Crippen LogP contribution is 2.39. The zero-order valence-corrected chi connectivity index (χ0v) is 21.1. The summed E-state index contributed by atoms with van der Waals surface area (Å²) in [6, 6.07) is 9.92.